The first-order chi connectivity index (χ1) is 28.5. The number of nitrogens with zero attached hydrogens (tertiary/aromatic N) is 2. The molecule has 4 nitrogen and oxygen atoms in total. The van der Waals surface area contributed by atoms with E-state index in [1.165, 1.54) is 33.3 Å². The number of halogens is 1. The second kappa shape index (κ2) is 13.3. The highest BCUT2D eigenvalue weighted by Gasteiger charge is 2.40. The molecule has 0 bridgehead atoms. The smallest absolute Gasteiger partial charge is 0.148 e. The summed E-state index contributed by atoms with van der Waals surface area (Å²) in [4.78, 5) is 2.28. The zero-order valence-corrected chi connectivity index (χ0v) is 32.7. The molecule has 0 unspecified atom stereocenters. The van der Waals surface area contributed by atoms with Crippen molar-refractivity contribution in [1.82, 2.24) is 4.57 Å². The molecule has 8 aromatic carbocycles. The van der Waals surface area contributed by atoms with Gasteiger partial charge in [0.1, 0.15) is 27.7 Å². The van der Waals surface area contributed by atoms with Gasteiger partial charge in [-0.2, -0.15) is 0 Å². The molecule has 5 heteroatoms. The molecule has 0 atom stereocenters. The lowest BCUT2D eigenvalue weighted by molar-refractivity contribution is 0.483. The molecule has 0 N–H and O–H groups in total. The molecule has 58 heavy (non-hydrogen) atoms. The molecule has 11 rings (SSSR count). The van der Waals surface area contributed by atoms with Crippen molar-refractivity contribution in [1.29, 1.82) is 0 Å². The van der Waals surface area contributed by atoms with Crippen LogP contribution in [0.1, 0.15) is 25.0 Å². The fourth-order valence-electron chi connectivity index (χ4n) is 9.11. The van der Waals surface area contributed by atoms with Gasteiger partial charge < -0.3 is 18.6 Å². The van der Waals surface area contributed by atoms with E-state index in [4.69, 9.17) is 20.8 Å². The van der Waals surface area contributed by atoms with E-state index >= 15 is 0 Å². The highest BCUT2D eigenvalue weighted by Crippen LogP contribution is 2.54. The number of ether oxygens (including phenoxy) is 1. The van der Waals surface area contributed by atoms with E-state index in [-0.39, 0.29) is 5.41 Å². The topological polar surface area (TPSA) is 30.5 Å². The monoisotopic (exact) mass is 768 g/mol. The maximum atomic E-state index is 7.45. The number of anilines is 3. The van der Waals surface area contributed by atoms with Crippen molar-refractivity contribution < 1.29 is 9.15 Å². The third-order valence-corrected chi connectivity index (χ3v) is 12.1. The van der Waals surface area contributed by atoms with Crippen LogP contribution in [-0.2, 0) is 5.41 Å². The average molecular weight is 769 g/mol. The van der Waals surface area contributed by atoms with Gasteiger partial charge in [0.15, 0.2) is 0 Å². The Morgan fingerprint density at radius 1 is 0.586 bits per heavy atom. The quantitative estimate of drug-likeness (QED) is 0.162. The minimum atomic E-state index is -0.168. The summed E-state index contributed by atoms with van der Waals surface area (Å²) in [5.74, 6) is 1.25. The largest absolute Gasteiger partial charge is 0.456 e. The van der Waals surface area contributed by atoms with Gasteiger partial charge in [0, 0.05) is 39.2 Å². The van der Waals surface area contributed by atoms with Gasteiger partial charge in [-0.25, -0.2) is 0 Å². The van der Waals surface area contributed by atoms with Crippen molar-refractivity contribution >= 4 is 61.5 Å². The zero-order chi connectivity index (χ0) is 39.0. The molecule has 2 aromatic heterocycles. The number of hydrogen-bond donors (Lipinski definition) is 0. The van der Waals surface area contributed by atoms with Crippen molar-refractivity contribution in [2.24, 2.45) is 0 Å². The molecule has 0 saturated carbocycles. The van der Waals surface area contributed by atoms with Crippen LogP contribution < -0.4 is 9.64 Å². The minimum absolute atomic E-state index is 0.168. The van der Waals surface area contributed by atoms with E-state index in [1.807, 2.05) is 48.5 Å². The molecule has 10 aromatic rings. The van der Waals surface area contributed by atoms with Crippen LogP contribution in [0.3, 0.4) is 0 Å². The van der Waals surface area contributed by atoms with Crippen molar-refractivity contribution in [2.45, 2.75) is 19.3 Å². The molecular formula is C53H37ClN2O2. The summed E-state index contributed by atoms with van der Waals surface area (Å²) in [6.07, 6.45) is 0. The third-order valence-electron chi connectivity index (χ3n) is 11.7. The molecule has 0 fully saturated rings. The molecule has 0 spiro atoms. The summed E-state index contributed by atoms with van der Waals surface area (Å²) in [5.41, 5.74) is 13.8. The van der Waals surface area contributed by atoms with E-state index in [0.717, 1.165) is 55.8 Å². The molecule has 2 heterocycles. The molecule has 0 radical (unpaired) electrons. The molecular weight excluding hydrogens is 732 g/mol. The fourth-order valence-corrected chi connectivity index (χ4v) is 9.36. The number of benzene rings is 8. The first kappa shape index (κ1) is 34.3. The second-order valence-electron chi connectivity index (χ2n) is 15.4. The Hall–Kier alpha value is -7.01. The van der Waals surface area contributed by atoms with Crippen LogP contribution in [0.4, 0.5) is 17.1 Å². The van der Waals surface area contributed by atoms with E-state index < -0.39 is 0 Å². The summed E-state index contributed by atoms with van der Waals surface area (Å²) in [7, 11) is 0. The molecule has 278 valence electrons. The first-order valence-electron chi connectivity index (χ1n) is 19.6. The van der Waals surface area contributed by atoms with Crippen molar-refractivity contribution in [3.63, 3.8) is 0 Å². The van der Waals surface area contributed by atoms with Gasteiger partial charge in [0.05, 0.1) is 28.0 Å². The van der Waals surface area contributed by atoms with E-state index in [0.29, 0.717) is 16.5 Å². The van der Waals surface area contributed by atoms with Crippen LogP contribution in [0.2, 0.25) is 5.02 Å². The number of aromatic nitrogens is 1. The van der Waals surface area contributed by atoms with Crippen LogP contribution in [0, 0.1) is 0 Å². The van der Waals surface area contributed by atoms with Crippen LogP contribution in [0.5, 0.6) is 11.5 Å². The summed E-state index contributed by atoms with van der Waals surface area (Å²) in [6.45, 7) is 4.64. The van der Waals surface area contributed by atoms with Crippen molar-refractivity contribution in [3.8, 4) is 39.6 Å². The maximum absolute atomic E-state index is 7.45. The predicted molar refractivity (Wildman–Crippen MR) is 240 cm³/mol. The highest BCUT2D eigenvalue weighted by molar-refractivity contribution is 6.34. The Morgan fingerprint density at radius 3 is 2.14 bits per heavy atom. The minimum Gasteiger partial charge on any atom is -0.456 e. The lowest BCUT2D eigenvalue weighted by Crippen LogP contribution is -2.14. The average Bonchev–Trinajstić information content (AvgIpc) is 3.89. The van der Waals surface area contributed by atoms with Gasteiger partial charge in [-0.05, 0) is 82.9 Å². The Morgan fingerprint density at radius 2 is 1.28 bits per heavy atom. The van der Waals surface area contributed by atoms with Gasteiger partial charge in [-0.15, -0.1) is 0 Å². The Labute approximate surface area is 341 Å². The summed E-state index contributed by atoms with van der Waals surface area (Å²) < 4.78 is 15.5. The third kappa shape index (κ3) is 5.29. The summed E-state index contributed by atoms with van der Waals surface area (Å²) in [5, 5.41) is 3.88. The number of fused-ring (bicyclic) bond motifs is 8. The Kier molecular flexibility index (Phi) is 7.85. The first-order valence-corrected chi connectivity index (χ1v) is 20.0. The van der Waals surface area contributed by atoms with Crippen molar-refractivity contribution in [3.05, 3.63) is 204 Å². The maximum Gasteiger partial charge on any atom is 0.148 e. The van der Waals surface area contributed by atoms with Gasteiger partial charge in [-0.1, -0.05) is 147 Å². The van der Waals surface area contributed by atoms with Crippen LogP contribution in [0.15, 0.2) is 192 Å². The summed E-state index contributed by atoms with van der Waals surface area (Å²) >= 11 is 7.45. The predicted octanol–water partition coefficient (Wildman–Crippen LogP) is 15.4. The zero-order valence-electron chi connectivity index (χ0n) is 32.0. The van der Waals surface area contributed by atoms with Gasteiger partial charge in [0.25, 0.3) is 0 Å². The number of furan rings is 1. The summed E-state index contributed by atoms with van der Waals surface area (Å²) in [6, 6.07) is 65.3. The van der Waals surface area contributed by atoms with E-state index in [2.05, 4.69) is 163 Å². The Balaban J connectivity index is 1.03. The van der Waals surface area contributed by atoms with Crippen LogP contribution in [-0.4, -0.2) is 4.57 Å². The van der Waals surface area contributed by atoms with Crippen LogP contribution in [0.25, 0.3) is 60.9 Å². The van der Waals surface area contributed by atoms with Crippen LogP contribution >= 0.6 is 11.6 Å². The number of hydrogen-bond acceptors (Lipinski definition) is 3. The molecule has 0 aliphatic heterocycles. The van der Waals surface area contributed by atoms with Gasteiger partial charge in [0.2, 0.25) is 0 Å². The van der Waals surface area contributed by atoms with Gasteiger partial charge in [-0.3, -0.25) is 0 Å². The van der Waals surface area contributed by atoms with E-state index in [1.54, 1.807) is 0 Å². The highest BCUT2D eigenvalue weighted by atomic mass is 35.5. The lowest BCUT2D eigenvalue weighted by atomic mass is 9.81. The molecule has 0 amide bonds. The number of rotatable bonds is 7. The van der Waals surface area contributed by atoms with Crippen molar-refractivity contribution in [2.75, 3.05) is 4.90 Å². The lowest BCUT2D eigenvalue weighted by Gasteiger charge is -2.27. The second-order valence-corrected chi connectivity index (χ2v) is 15.8. The SMILES string of the molecule is CC1(C)c2ccccc2-c2c1c1ccccc1n2-c1cccc(Oc2cccc(N(c3ccc(-c4ccccc4)cc3)c3cccc4oc5ccccc5c34)c2)c1Cl. The molecule has 0 saturated heterocycles. The molecule has 1 aliphatic carbocycles. The van der Waals surface area contributed by atoms with Gasteiger partial charge >= 0.3 is 0 Å². The Bertz CT molecular complexity index is 3190. The normalized spacial score (nSPS) is 12.9. The van der Waals surface area contributed by atoms with E-state index in [9.17, 15) is 0 Å². The fraction of sp³-hybridized carbons (Fsp3) is 0.0566. The molecule has 1 aliphatic rings. The standard InChI is InChI=1S/C53H37ClN2O2/c1-53(2)42-22-9-6-19-39(42)52-50(53)40-20-7-10-23-43(40)56(52)45-25-14-28-48(51(45)54)57-38-18-12-17-37(33-38)55(36-31-29-35(30-32-36)34-15-4-3-5-16-34)44-24-13-27-47-49(44)41-21-8-11-26-46(41)58-47/h3-33H,1-2H3. The number of para-hydroxylation sites is 2.